The summed E-state index contributed by atoms with van der Waals surface area (Å²) in [5.41, 5.74) is 0.272. The lowest BCUT2D eigenvalue weighted by molar-refractivity contribution is 0.0325. The minimum absolute atomic E-state index is 0.592. The lowest BCUT2D eigenvalue weighted by Gasteiger charge is -2.27. The van der Waals surface area contributed by atoms with Crippen LogP contribution in [0.5, 0.6) is 0 Å². The van der Waals surface area contributed by atoms with Gasteiger partial charge in [0.2, 0.25) is 0 Å². The number of halogens is 1. The van der Waals surface area contributed by atoms with Gasteiger partial charge in [-0.3, -0.25) is 0 Å². The van der Waals surface area contributed by atoms with Gasteiger partial charge < -0.3 is 10.4 Å². The SMILES string of the molecule is CC(O)(CC1CCNC1)c1cccc(Br)c1. The van der Waals surface area contributed by atoms with Gasteiger partial charge in [-0.25, -0.2) is 0 Å². The van der Waals surface area contributed by atoms with Gasteiger partial charge in [-0.05, 0) is 56.5 Å². The van der Waals surface area contributed by atoms with E-state index in [4.69, 9.17) is 0 Å². The van der Waals surface area contributed by atoms with Gasteiger partial charge in [-0.15, -0.1) is 0 Å². The first kappa shape index (κ1) is 12.1. The molecule has 0 radical (unpaired) electrons. The number of rotatable bonds is 3. The first-order valence-corrected chi connectivity index (χ1v) is 6.56. The quantitative estimate of drug-likeness (QED) is 0.894. The van der Waals surface area contributed by atoms with Crippen LogP contribution in [-0.4, -0.2) is 18.2 Å². The molecule has 1 heterocycles. The van der Waals surface area contributed by atoms with E-state index in [9.17, 15) is 5.11 Å². The van der Waals surface area contributed by atoms with Gasteiger partial charge in [0.1, 0.15) is 0 Å². The molecule has 0 bridgehead atoms. The molecule has 0 saturated carbocycles. The number of hydrogen-bond donors (Lipinski definition) is 2. The molecule has 2 rings (SSSR count). The Morgan fingerprint density at radius 1 is 1.56 bits per heavy atom. The van der Waals surface area contributed by atoms with Crippen LogP contribution in [0.15, 0.2) is 28.7 Å². The standard InChI is InChI=1S/C13H18BrNO/c1-13(16,8-10-5-6-15-9-10)11-3-2-4-12(14)7-11/h2-4,7,10,15-16H,5-6,8-9H2,1H3. The maximum absolute atomic E-state index is 10.5. The fourth-order valence-electron chi connectivity index (χ4n) is 2.39. The van der Waals surface area contributed by atoms with E-state index in [1.165, 1.54) is 6.42 Å². The molecule has 1 saturated heterocycles. The number of nitrogens with one attached hydrogen (secondary N) is 1. The van der Waals surface area contributed by atoms with Crippen LogP contribution in [0.25, 0.3) is 0 Å². The van der Waals surface area contributed by atoms with E-state index in [1.807, 2.05) is 31.2 Å². The molecule has 1 aromatic rings. The van der Waals surface area contributed by atoms with Crippen LogP contribution in [0, 0.1) is 5.92 Å². The summed E-state index contributed by atoms with van der Waals surface area (Å²) in [6.07, 6.45) is 2.00. The van der Waals surface area contributed by atoms with Crippen molar-refractivity contribution in [2.24, 2.45) is 5.92 Å². The molecular formula is C13H18BrNO. The summed E-state index contributed by atoms with van der Waals surface area (Å²) in [4.78, 5) is 0. The largest absolute Gasteiger partial charge is 0.385 e. The monoisotopic (exact) mass is 283 g/mol. The zero-order valence-corrected chi connectivity index (χ0v) is 11.1. The van der Waals surface area contributed by atoms with Crippen molar-refractivity contribution < 1.29 is 5.11 Å². The van der Waals surface area contributed by atoms with Crippen LogP contribution < -0.4 is 5.32 Å². The molecular weight excluding hydrogens is 266 g/mol. The minimum Gasteiger partial charge on any atom is -0.385 e. The zero-order valence-electron chi connectivity index (χ0n) is 9.54. The van der Waals surface area contributed by atoms with Crippen molar-refractivity contribution in [1.82, 2.24) is 5.32 Å². The fraction of sp³-hybridized carbons (Fsp3) is 0.538. The van der Waals surface area contributed by atoms with E-state index in [2.05, 4.69) is 21.2 Å². The van der Waals surface area contributed by atoms with E-state index in [-0.39, 0.29) is 0 Å². The average Bonchev–Trinajstić information content (AvgIpc) is 2.70. The fourth-order valence-corrected chi connectivity index (χ4v) is 2.79. The summed E-state index contributed by atoms with van der Waals surface area (Å²) >= 11 is 3.44. The second kappa shape index (κ2) is 4.86. The lowest BCUT2D eigenvalue weighted by atomic mass is 9.86. The van der Waals surface area contributed by atoms with Crippen molar-refractivity contribution in [3.63, 3.8) is 0 Å². The molecule has 2 atom stereocenters. The van der Waals surface area contributed by atoms with Crippen LogP contribution >= 0.6 is 15.9 Å². The summed E-state index contributed by atoms with van der Waals surface area (Å²) in [6, 6.07) is 7.95. The minimum atomic E-state index is -0.722. The number of aliphatic hydroxyl groups is 1. The molecule has 0 amide bonds. The van der Waals surface area contributed by atoms with Crippen LogP contribution in [0.2, 0.25) is 0 Å². The third-order valence-corrected chi connectivity index (χ3v) is 3.79. The van der Waals surface area contributed by atoms with E-state index in [0.29, 0.717) is 5.92 Å². The molecule has 1 fully saturated rings. The smallest absolute Gasteiger partial charge is 0.0872 e. The predicted molar refractivity (Wildman–Crippen MR) is 69.3 cm³/mol. The highest BCUT2D eigenvalue weighted by molar-refractivity contribution is 9.10. The van der Waals surface area contributed by atoms with Crippen molar-refractivity contribution >= 4 is 15.9 Å². The molecule has 1 aromatic carbocycles. The summed E-state index contributed by atoms with van der Waals surface area (Å²) in [5.74, 6) is 0.592. The summed E-state index contributed by atoms with van der Waals surface area (Å²) in [7, 11) is 0. The third kappa shape index (κ3) is 2.84. The second-order valence-corrected chi connectivity index (χ2v) is 5.76. The Balaban J connectivity index is 2.10. The van der Waals surface area contributed by atoms with E-state index in [0.717, 1.165) is 29.5 Å². The highest BCUT2D eigenvalue weighted by Crippen LogP contribution is 2.31. The number of benzene rings is 1. The predicted octanol–water partition coefficient (Wildman–Crippen LogP) is 2.66. The Kier molecular flexibility index (Phi) is 3.67. The van der Waals surface area contributed by atoms with E-state index >= 15 is 0 Å². The second-order valence-electron chi connectivity index (χ2n) is 4.85. The lowest BCUT2D eigenvalue weighted by Crippen LogP contribution is -2.26. The van der Waals surface area contributed by atoms with Gasteiger partial charge in [0.05, 0.1) is 5.60 Å². The Morgan fingerprint density at radius 3 is 3.00 bits per heavy atom. The first-order valence-electron chi connectivity index (χ1n) is 5.77. The summed E-state index contributed by atoms with van der Waals surface area (Å²) < 4.78 is 1.02. The summed E-state index contributed by atoms with van der Waals surface area (Å²) in [5, 5.41) is 13.9. The maximum atomic E-state index is 10.5. The van der Waals surface area contributed by atoms with Crippen molar-refractivity contribution in [2.75, 3.05) is 13.1 Å². The van der Waals surface area contributed by atoms with Gasteiger partial charge in [-0.2, -0.15) is 0 Å². The highest BCUT2D eigenvalue weighted by Gasteiger charge is 2.28. The molecule has 16 heavy (non-hydrogen) atoms. The molecule has 2 N–H and O–H groups in total. The molecule has 1 aliphatic rings. The highest BCUT2D eigenvalue weighted by atomic mass is 79.9. The molecule has 88 valence electrons. The first-order chi connectivity index (χ1) is 7.58. The van der Waals surface area contributed by atoms with Crippen molar-refractivity contribution in [3.8, 4) is 0 Å². The van der Waals surface area contributed by atoms with Gasteiger partial charge in [-0.1, -0.05) is 28.1 Å². The van der Waals surface area contributed by atoms with E-state index in [1.54, 1.807) is 0 Å². The topological polar surface area (TPSA) is 32.3 Å². The van der Waals surface area contributed by atoms with Crippen LogP contribution in [0.4, 0.5) is 0 Å². The van der Waals surface area contributed by atoms with Gasteiger partial charge >= 0.3 is 0 Å². The molecule has 0 spiro atoms. The van der Waals surface area contributed by atoms with Crippen LogP contribution in [-0.2, 0) is 5.60 Å². The van der Waals surface area contributed by atoms with Crippen molar-refractivity contribution in [1.29, 1.82) is 0 Å². The molecule has 2 nitrogen and oxygen atoms in total. The zero-order chi connectivity index (χ0) is 11.6. The molecule has 0 aromatic heterocycles. The number of hydrogen-bond acceptors (Lipinski definition) is 2. The molecule has 3 heteroatoms. The Hall–Kier alpha value is -0.380. The third-order valence-electron chi connectivity index (χ3n) is 3.30. The summed E-state index contributed by atoms with van der Waals surface area (Å²) in [6.45, 7) is 4.02. The van der Waals surface area contributed by atoms with Gasteiger partial charge in [0, 0.05) is 4.47 Å². The van der Waals surface area contributed by atoms with Gasteiger partial charge in [0.15, 0.2) is 0 Å². The maximum Gasteiger partial charge on any atom is 0.0872 e. The van der Waals surface area contributed by atoms with Crippen molar-refractivity contribution in [3.05, 3.63) is 34.3 Å². The van der Waals surface area contributed by atoms with Crippen LogP contribution in [0.1, 0.15) is 25.3 Å². The van der Waals surface area contributed by atoms with Crippen molar-refractivity contribution in [2.45, 2.75) is 25.4 Å². The Morgan fingerprint density at radius 2 is 2.38 bits per heavy atom. The molecule has 2 unspecified atom stereocenters. The van der Waals surface area contributed by atoms with Crippen LogP contribution in [0.3, 0.4) is 0 Å². The molecule has 1 aliphatic heterocycles. The Labute approximate surface area is 105 Å². The normalized spacial score (nSPS) is 24.3. The van der Waals surface area contributed by atoms with E-state index < -0.39 is 5.60 Å². The molecule has 0 aliphatic carbocycles. The van der Waals surface area contributed by atoms with Gasteiger partial charge in [0.25, 0.3) is 0 Å². The Bertz CT molecular complexity index is 359. The average molecular weight is 284 g/mol.